The normalized spacial score (nSPS) is 14.9. The number of anilines is 3. The summed E-state index contributed by atoms with van der Waals surface area (Å²) in [4.78, 5) is 30.0. The predicted molar refractivity (Wildman–Crippen MR) is 143 cm³/mol. The molecular weight excluding hydrogens is 482 g/mol. The molecular formula is C25H39N5O5S. The van der Waals surface area contributed by atoms with Crippen LogP contribution in [-0.4, -0.2) is 81.3 Å². The lowest BCUT2D eigenvalue weighted by molar-refractivity contribution is 0.0369. The van der Waals surface area contributed by atoms with Gasteiger partial charge in [0.1, 0.15) is 11.4 Å². The van der Waals surface area contributed by atoms with Gasteiger partial charge in [0.25, 0.3) is 10.9 Å². The second-order valence-electron chi connectivity index (χ2n) is 9.29. The first-order valence-electron chi connectivity index (χ1n) is 12.9. The number of ether oxygens (including phenoxy) is 1. The molecule has 0 spiro atoms. The van der Waals surface area contributed by atoms with Gasteiger partial charge >= 0.3 is 0 Å². The van der Waals surface area contributed by atoms with Gasteiger partial charge in [-0.15, -0.1) is 0 Å². The molecule has 10 nitrogen and oxygen atoms in total. The molecule has 0 amide bonds. The molecule has 0 saturated carbocycles. The maximum Gasteiger partial charge on any atom is 0.253 e. The van der Waals surface area contributed by atoms with E-state index in [1.807, 2.05) is 0 Å². The molecule has 1 aromatic carbocycles. The van der Waals surface area contributed by atoms with Crippen LogP contribution in [0.3, 0.4) is 0 Å². The van der Waals surface area contributed by atoms with Crippen molar-refractivity contribution in [3.63, 3.8) is 0 Å². The molecule has 2 aromatic rings. The Hall–Kier alpha value is -2.34. The Labute approximate surface area is 213 Å². The van der Waals surface area contributed by atoms with Crippen LogP contribution in [0.25, 0.3) is 0 Å². The average Bonchev–Trinajstić information content (AvgIpc) is 2.88. The lowest BCUT2D eigenvalue weighted by Gasteiger charge is -2.27. The summed E-state index contributed by atoms with van der Waals surface area (Å²) in [6, 6.07) is 3.47. The van der Waals surface area contributed by atoms with Gasteiger partial charge in [-0.05, 0) is 37.9 Å². The summed E-state index contributed by atoms with van der Waals surface area (Å²) in [5.74, 6) is 0. The number of hydrogen-bond donors (Lipinski definition) is 2. The quantitative estimate of drug-likeness (QED) is 0.238. The van der Waals surface area contributed by atoms with Crippen LogP contribution in [0.4, 0.5) is 17.1 Å². The smallest absolute Gasteiger partial charge is 0.253 e. The highest BCUT2D eigenvalue weighted by Gasteiger charge is 2.20. The Balaban J connectivity index is 1.25. The molecule has 0 aliphatic carbocycles. The molecule has 2 N–H and O–H groups in total. The van der Waals surface area contributed by atoms with E-state index in [2.05, 4.69) is 20.5 Å². The summed E-state index contributed by atoms with van der Waals surface area (Å²) >= 11 is 0. The number of hydrogen-bond acceptors (Lipinski definition) is 9. The van der Waals surface area contributed by atoms with Gasteiger partial charge in [0.15, 0.2) is 0 Å². The lowest BCUT2D eigenvalue weighted by atomic mass is 10.1. The van der Waals surface area contributed by atoms with Gasteiger partial charge in [0.05, 0.1) is 19.5 Å². The summed E-state index contributed by atoms with van der Waals surface area (Å²) < 4.78 is 31.2. The monoisotopic (exact) mass is 521 g/mol. The molecule has 1 aliphatic heterocycles. The number of pyridine rings is 1. The molecule has 2 heterocycles. The van der Waals surface area contributed by atoms with Gasteiger partial charge < -0.3 is 15.4 Å². The minimum atomic E-state index is -3.19. The van der Waals surface area contributed by atoms with Crippen molar-refractivity contribution < 1.29 is 13.2 Å². The van der Waals surface area contributed by atoms with Crippen molar-refractivity contribution in [3.8, 4) is 0 Å². The summed E-state index contributed by atoms with van der Waals surface area (Å²) in [5.41, 5.74) is 0.398. The van der Waals surface area contributed by atoms with Crippen molar-refractivity contribution in [1.82, 2.24) is 14.2 Å². The van der Waals surface area contributed by atoms with Crippen LogP contribution < -0.4 is 21.5 Å². The average molecular weight is 522 g/mol. The van der Waals surface area contributed by atoms with Crippen LogP contribution in [0.2, 0.25) is 0 Å². The van der Waals surface area contributed by atoms with Crippen LogP contribution in [0.1, 0.15) is 44.9 Å². The molecule has 0 radical (unpaired) electrons. The highest BCUT2D eigenvalue weighted by Crippen LogP contribution is 2.20. The Morgan fingerprint density at radius 3 is 2.22 bits per heavy atom. The van der Waals surface area contributed by atoms with Gasteiger partial charge in [-0.2, -0.15) is 0 Å². The fraction of sp³-hybridized carbons (Fsp3) is 0.640. The van der Waals surface area contributed by atoms with Crippen molar-refractivity contribution >= 4 is 27.1 Å². The summed E-state index contributed by atoms with van der Waals surface area (Å²) in [5, 5.41) is 6.08. The maximum atomic E-state index is 12.1. The third-order valence-corrected chi connectivity index (χ3v) is 7.75. The molecule has 0 atom stereocenters. The second kappa shape index (κ2) is 14.4. The van der Waals surface area contributed by atoms with E-state index in [1.165, 1.54) is 6.26 Å². The Kier molecular flexibility index (Phi) is 11.3. The van der Waals surface area contributed by atoms with Crippen LogP contribution in [0.15, 0.2) is 34.1 Å². The van der Waals surface area contributed by atoms with Crippen LogP contribution >= 0.6 is 0 Å². The Morgan fingerprint density at radius 1 is 0.917 bits per heavy atom. The van der Waals surface area contributed by atoms with E-state index in [1.54, 1.807) is 28.8 Å². The van der Waals surface area contributed by atoms with Crippen LogP contribution in [-0.2, 0) is 14.8 Å². The number of aromatic nitrogens is 1. The van der Waals surface area contributed by atoms with Crippen molar-refractivity contribution in [2.45, 2.75) is 44.9 Å². The molecule has 0 unspecified atom stereocenters. The Morgan fingerprint density at radius 2 is 1.53 bits per heavy atom. The molecule has 1 aliphatic rings. The minimum absolute atomic E-state index is 0.312. The zero-order chi connectivity index (χ0) is 25.8. The fourth-order valence-corrected chi connectivity index (χ4v) is 5.25. The number of sulfonamides is 1. The molecule has 3 rings (SSSR count). The largest absolute Gasteiger partial charge is 0.380 e. The van der Waals surface area contributed by atoms with E-state index in [9.17, 15) is 18.0 Å². The van der Waals surface area contributed by atoms with E-state index in [-0.39, 0.29) is 0 Å². The number of nitrogens with one attached hydrogen (secondary N) is 2. The summed E-state index contributed by atoms with van der Waals surface area (Å²) in [7, 11) is -3.19. The van der Waals surface area contributed by atoms with E-state index in [0.29, 0.717) is 36.7 Å². The van der Waals surface area contributed by atoms with Gasteiger partial charge in [-0.3, -0.25) is 19.5 Å². The zero-order valence-electron chi connectivity index (χ0n) is 21.2. The third kappa shape index (κ3) is 8.95. The predicted octanol–water partition coefficient (Wildman–Crippen LogP) is 2.16. The number of rotatable bonds is 17. The van der Waals surface area contributed by atoms with Crippen LogP contribution in [0.5, 0.6) is 0 Å². The second-order valence-corrected chi connectivity index (χ2v) is 11.3. The first-order chi connectivity index (χ1) is 17.4. The highest BCUT2D eigenvalue weighted by atomic mass is 32.2. The van der Waals surface area contributed by atoms with Gasteiger partial charge in [0.2, 0.25) is 10.0 Å². The summed E-state index contributed by atoms with van der Waals surface area (Å²) in [6.07, 6.45) is 11.2. The van der Waals surface area contributed by atoms with Crippen molar-refractivity contribution in [2.24, 2.45) is 0 Å². The molecule has 0 bridgehead atoms. The van der Waals surface area contributed by atoms with Crippen molar-refractivity contribution in [2.75, 3.05) is 69.4 Å². The SMILES string of the molecule is CS(=O)(=O)N(CCCCCCCCNc1c(Nc2ccncc2)c(=O)c1=O)CCCN1CCOCC1. The molecule has 1 fully saturated rings. The third-order valence-electron chi connectivity index (χ3n) is 6.45. The first-order valence-corrected chi connectivity index (χ1v) is 14.7. The zero-order valence-corrected chi connectivity index (χ0v) is 22.0. The molecule has 200 valence electrons. The Bertz CT molecular complexity index is 1100. The fourth-order valence-electron chi connectivity index (χ4n) is 4.33. The topological polar surface area (TPSA) is 121 Å². The summed E-state index contributed by atoms with van der Waals surface area (Å²) in [6.45, 7) is 6.02. The van der Waals surface area contributed by atoms with Gasteiger partial charge in [-0.25, -0.2) is 12.7 Å². The molecule has 1 aromatic heterocycles. The van der Waals surface area contributed by atoms with E-state index < -0.39 is 20.9 Å². The minimum Gasteiger partial charge on any atom is -0.380 e. The van der Waals surface area contributed by atoms with Crippen molar-refractivity contribution in [3.05, 3.63) is 45.0 Å². The van der Waals surface area contributed by atoms with E-state index in [0.717, 1.165) is 77.8 Å². The van der Waals surface area contributed by atoms with Gasteiger partial charge in [0, 0.05) is 50.8 Å². The van der Waals surface area contributed by atoms with Crippen LogP contribution in [0, 0.1) is 0 Å². The van der Waals surface area contributed by atoms with E-state index >= 15 is 0 Å². The number of unbranched alkanes of at least 4 members (excludes halogenated alkanes) is 5. The van der Waals surface area contributed by atoms with Crippen molar-refractivity contribution in [1.29, 1.82) is 0 Å². The maximum absolute atomic E-state index is 12.1. The van der Waals surface area contributed by atoms with Gasteiger partial charge in [-0.1, -0.05) is 25.7 Å². The number of nitrogens with zero attached hydrogens (tertiary/aromatic N) is 3. The number of morpholine rings is 1. The molecule has 36 heavy (non-hydrogen) atoms. The molecule has 1 saturated heterocycles. The standard InChI is InChI=1S/C25H39N5O5S/c1-36(33,34)30(16-8-14-29-17-19-35-20-18-29)15-7-5-3-2-4-6-11-27-22-23(25(32)24(22)31)28-21-9-12-26-13-10-21/h9-10,12-13,27H,2-8,11,14-20H2,1H3,(H,26,28). The first kappa shape index (κ1) is 28.2. The lowest BCUT2D eigenvalue weighted by Crippen LogP contribution is -2.39. The molecule has 11 heteroatoms. The highest BCUT2D eigenvalue weighted by molar-refractivity contribution is 7.88. The van der Waals surface area contributed by atoms with E-state index in [4.69, 9.17) is 4.74 Å².